The molecule has 1 fully saturated rings. The lowest BCUT2D eigenvalue weighted by Crippen LogP contribution is -2.29. The van der Waals surface area contributed by atoms with Crippen molar-refractivity contribution in [1.29, 1.82) is 0 Å². The van der Waals surface area contributed by atoms with E-state index in [2.05, 4.69) is 0 Å². The van der Waals surface area contributed by atoms with Gasteiger partial charge in [0.2, 0.25) is 0 Å². The molecule has 0 saturated carbocycles. The van der Waals surface area contributed by atoms with Crippen molar-refractivity contribution in [2.75, 3.05) is 33.3 Å². The summed E-state index contributed by atoms with van der Waals surface area (Å²) in [7, 11) is 5.77. The standard InChI is InChI=1S/C29H27NO8/c1-35-20-11-7-18(8-12-20)26-25(27(32)22-14-13-21(36-2)16-23(22)37-3)28(33)29(34)30(26)19-9-5-17(6-10-19)15-24(31)38-4/h5-14,16,26,32H,15H2,1-4H3/b27-25-. The van der Waals surface area contributed by atoms with Gasteiger partial charge >= 0.3 is 5.97 Å². The van der Waals surface area contributed by atoms with E-state index in [4.69, 9.17) is 18.9 Å². The number of benzene rings is 3. The van der Waals surface area contributed by atoms with Crippen molar-refractivity contribution in [3.05, 3.63) is 89.0 Å². The van der Waals surface area contributed by atoms with Gasteiger partial charge in [-0.2, -0.15) is 0 Å². The van der Waals surface area contributed by atoms with Crippen LogP contribution in [0.25, 0.3) is 5.76 Å². The minimum Gasteiger partial charge on any atom is -0.507 e. The number of aliphatic hydroxyl groups excluding tert-OH is 1. The van der Waals surface area contributed by atoms with Gasteiger partial charge in [0.25, 0.3) is 11.7 Å². The Morgan fingerprint density at radius 3 is 2.05 bits per heavy atom. The Morgan fingerprint density at radius 2 is 1.47 bits per heavy atom. The van der Waals surface area contributed by atoms with E-state index in [1.54, 1.807) is 66.7 Å². The highest BCUT2D eigenvalue weighted by Crippen LogP contribution is 2.44. The molecule has 1 N–H and O–H groups in total. The molecule has 1 unspecified atom stereocenters. The first-order chi connectivity index (χ1) is 18.3. The number of rotatable bonds is 8. The Bertz CT molecular complexity index is 1390. The van der Waals surface area contributed by atoms with Crippen LogP contribution < -0.4 is 19.1 Å². The number of Topliss-reactive ketones (excluding diaryl/α,β-unsaturated/α-hetero) is 1. The summed E-state index contributed by atoms with van der Waals surface area (Å²) in [6, 6.07) is 17.4. The lowest BCUT2D eigenvalue weighted by Gasteiger charge is -2.26. The SMILES string of the molecule is COC(=O)Cc1ccc(N2C(=O)C(=O)/C(=C(\O)c3ccc(OC)cc3OC)C2c2ccc(OC)cc2)cc1. The van der Waals surface area contributed by atoms with Crippen LogP contribution in [-0.2, 0) is 25.5 Å². The maximum absolute atomic E-state index is 13.4. The van der Waals surface area contributed by atoms with Crippen molar-refractivity contribution < 1.29 is 38.4 Å². The third-order valence-corrected chi connectivity index (χ3v) is 6.33. The van der Waals surface area contributed by atoms with Gasteiger partial charge in [-0.15, -0.1) is 0 Å². The van der Waals surface area contributed by atoms with E-state index >= 15 is 0 Å². The molecule has 0 aliphatic carbocycles. The van der Waals surface area contributed by atoms with Crippen molar-refractivity contribution in [2.45, 2.75) is 12.5 Å². The predicted molar refractivity (Wildman–Crippen MR) is 139 cm³/mol. The molecule has 196 valence electrons. The topological polar surface area (TPSA) is 112 Å². The molecule has 9 heteroatoms. The Kier molecular flexibility index (Phi) is 7.66. The summed E-state index contributed by atoms with van der Waals surface area (Å²) < 4.78 is 20.6. The fraction of sp³-hybridized carbons (Fsp3) is 0.207. The molecule has 1 heterocycles. The van der Waals surface area contributed by atoms with Crippen LogP contribution in [0.2, 0.25) is 0 Å². The van der Waals surface area contributed by atoms with E-state index in [1.807, 2.05) is 0 Å². The third-order valence-electron chi connectivity index (χ3n) is 6.33. The van der Waals surface area contributed by atoms with Gasteiger partial charge in [0.05, 0.1) is 52.0 Å². The lowest BCUT2D eigenvalue weighted by atomic mass is 9.94. The number of methoxy groups -OCH3 is 4. The van der Waals surface area contributed by atoms with E-state index < -0.39 is 23.7 Å². The van der Waals surface area contributed by atoms with Crippen molar-refractivity contribution in [2.24, 2.45) is 0 Å². The zero-order chi connectivity index (χ0) is 27.4. The molecule has 1 aliphatic heterocycles. The minimum atomic E-state index is -0.945. The second kappa shape index (κ2) is 11.1. The quantitative estimate of drug-likeness (QED) is 0.206. The number of carbonyl (C=O) groups excluding carboxylic acids is 3. The number of amides is 1. The van der Waals surface area contributed by atoms with Crippen LogP contribution in [0.4, 0.5) is 5.69 Å². The van der Waals surface area contributed by atoms with Crippen molar-refractivity contribution in [3.63, 3.8) is 0 Å². The molecule has 0 aromatic heterocycles. The normalized spacial score (nSPS) is 16.3. The maximum Gasteiger partial charge on any atom is 0.309 e. The minimum absolute atomic E-state index is 0.0643. The van der Waals surface area contributed by atoms with Gasteiger partial charge < -0.3 is 24.1 Å². The number of carbonyl (C=O) groups is 3. The Balaban J connectivity index is 1.87. The molecule has 4 rings (SSSR count). The Labute approximate surface area is 219 Å². The predicted octanol–water partition coefficient (Wildman–Crippen LogP) is 4.05. The fourth-order valence-corrected chi connectivity index (χ4v) is 4.35. The first-order valence-corrected chi connectivity index (χ1v) is 11.7. The molecular formula is C29H27NO8. The van der Waals surface area contributed by atoms with Gasteiger partial charge in [-0.05, 0) is 47.5 Å². The number of ketones is 1. The van der Waals surface area contributed by atoms with Crippen LogP contribution in [0.5, 0.6) is 17.2 Å². The van der Waals surface area contributed by atoms with Crippen LogP contribution in [-0.4, -0.2) is 51.2 Å². The first kappa shape index (κ1) is 26.3. The molecule has 0 radical (unpaired) electrons. The van der Waals surface area contributed by atoms with Crippen LogP contribution >= 0.6 is 0 Å². The van der Waals surface area contributed by atoms with E-state index in [0.717, 1.165) is 0 Å². The van der Waals surface area contributed by atoms with Crippen molar-refractivity contribution >= 4 is 29.1 Å². The molecule has 1 saturated heterocycles. The number of ether oxygens (including phenoxy) is 4. The highest BCUT2D eigenvalue weighted by Gasteiger charge is 2.47. The maximum atomic E-state index is 13.4. The highest BCUT2D eigenvalue weighted by atomic mass is 16.5. The van der Waals surface area contributed by atoms with Gasteiger partial charge in [0, 0.05) is 11.8 Å². The first-order valence-electron chi connectivity index (χ1n) is 11.7. The fourth-order valence-electron chi connectivity index (χ4n) is 4.35. The number of hydrogen-bond acceptors (Lipinski definition) is 8. The van der Waals surface area contributed by atoms with Gasteiger partial charge in [-0.1, -0.05) is 24.3 Å². The average molecular weight is 518 g/mol. The summed E-state index contributed by atoms with van der Waals surface area (Å²) in [5.41, 5.74) is 1.82. The van der Waals surface area contributed by atoms with E-state index in [-0.39, 0.29) is 29.1 Å². The molecule has 3 aromatic carbocycles. The highest BCUT2D eigenvalue weighted by molar-refractivity contribution is 6.51. The second-order valence-electron chi connectivity index (χ2n) is 8.43. The summed E-state index contributed by atoms with van der Waals surface area (Å²) >= 11 is 0. The third kappa shape index (κ3) is 4.90. The number of nitrogens with zero attached hydrogens (tertiary/aromatic N) is 1. The van der Waals surface area contributed by atoms with E-state index in [1.165, 1.54) is 33.3 Å². The number of esters is 1. The van der Waals surface area contributed by atoms with Crippen molar-refractivity contribution in [1.82, 2.24) is 0 Å². The van der Waals surface area contributed by atoms with E-state index in [0.29, 0.717) is 28.3 Å². The average Bonchev–Trinajstić information content (AvgIpc) is 3.22. The van der Waals surface area contributed by atoms with E-state index in [9.17, 15) is 19.5 Å². The molecular weight excluding hydrogens is 490 g/mol. The van der Waals surface area contributed by atoms with Gasteiger partial charge in [-0.3, -0.25) is 19.3 Å². The number of aliphatic hydroxyl groups is 1. The molecule has 1 amide bonds. The van der Waals surface area contributed by atoms with Gasteiger partial charge in [-0.25, -0.2) is 0 Å². The summed E-state index contributed by atoms with van der Waals surface area (Å²) in [6.07, 6.45) is 0.0643. The Morgan fingerprint density at radius 1 is 0.842 bits per heavy atom. The summed E-state index contributed by atoms with van der Waals surface area (Å²) in [6.45, 7) is 0. The lowest BCUT2D eigenvalue weighted by molar-refractivity contribution is -0.139. The second-order valence-corrected chi connectivity index (χ2v) is 8.43. The van der Waals surface area contributed by atoms with Crippen LogP contribution in [0, 0.1) is 0 Å². The molecule has 3 aromatic rings. The molecule has 1 atom stereocenters. The number of anilines is 1. The van der Waals surface area contributed by atoms with Crippen LogP contribution in [0.3, 0.4) is 0 Å². The van der Waals surface area contributed by atoms with Gasteiger partial charge in [0.15, 0.2) is 0 Å². The van der Waals surface area contributed by atoms with Crippen molar-refractivity contribution in [3.8, 4) is 17.2 Å². The molecule has 0 spiro atoms. The molecule has 0 bridgehead atoms. The summed E-state index contributed by atoms with van der Waals surface area (Å²) in [4.78, 5) is 39.8. The molecule has 38 heavy (non-hydrogen) atoms. The Hall–Kier alpha value is -4.79. The van der Waals surface area contributed by atoms with Crippen LogP contribution in [0.1, 0.15) is 22.7 Å². The smallest absolute Gasteiger partial charge is 0.309 e. The summed E-state index contributed by atoms with van der Waals surface area (Å²) in [5, 5.41) is 11.4. The molecule has 9 nitrogen and oxygen atoms in total. The zero-order valence-electron chi connectivity index (χ0n) is 21.4. The monoisotopic (exact) mass is 517 g/mol. The molecule has 1 aliphatic rings. The van der Waals surface area contributed by atoms with Crippen LogP contribution in [0.15, 0.2) is 72.3 Å². The largest absolute Gasteiger partial charge is 0.507 e. The summed E-state index contributed by atoms with van der Waals surface area (Å²) in [5.74, 6) is -1.07. The van der Waals surface area contributed by atoms with Gasteiger partial charge in [0.1, 0.15) is 23.0 Å². The number of hydrogen-bond donors (Lipinski definition) is 1. The zero-order valence-corrected chi connectivity index (χ0v) is 21.4.